The minimum absolute atomic E-state index is 0.389. The zero-order valence-corrected chi connectivity index (χ0v) is 14.9. The Morgan fingerprint density at radius 1 is 1.13 bits per heavy atom. The topological polar surface area (TPSA) is 9.23 Å². The van der Waals surface area contributed by atoms with Crippen molar-refractivity contribution < 1.29 is 4.74 Å². The number of methoxy groups -OCH3 is 1. The minimum Gasteiger partial charge on any atom is -0.497 e. The number of aryl methyl sites for hydroxylation is 1. The summed E-state index contributed by atoms with van der Waals surface area (Å²) in [6, 6.07) is 15.5. The van der Waals surface area contributed by atoms with Gasteiger partial charge in [0.2, 0.25) is 0 Å². The van der Waals surface area contributed by atoms with Crippen LogP contribution in [0.5, 0.6) is 5.75 Å². The Morgan fingerprint density at radius 3 is 2.61 bits per heavy atom. The molecule has 1 aliphatic rings. The Hall–Kier alpha value is -1.76. The lowest BCUT2D eigenvalue weighted by Crippen LogP contribution is -2.16. The van der Waals surface area contributed by atoms with Crippen LogP contribution >= 0.6 is 0 Å². The summed E-state index contributed by atoms with van der Waals surface area (Å²) >= 11 is 0. The average Bonchev–Trinajstić information content (AvgIpc) is 2.93. The van der Waals surface area contributed by atoms with Crippen molar-refractivity contribution in [3.8, 4) is 16.9 Å². The molecule has 2 aromatic carbocycles. The fourth-order valence-corrected chi connectivity index (χ4v) is 4.08. The number of hydrogen-bond donors (Lipinski definition) is 0. The molecule has 0 aliphatic heterocycles. The fraction of sp³-hybridized carbons (Fsp3) is 0.455. The van der Waals surface area contributed by atoms with E-state index in [0.29, 0.717) is 11.3 Å². The fourth-order valence-electron chi connectivity index (χ4n) is 4.08. The number of hydrogen-bond acceptors (Lipinski definition) is 1. The zero-order chi connectivity index (χ0) is 16.4. The molecule has 0 aromatic heterocycles. The Bertz CT molecular complexity index is 684. The van der Waals surface area contributed by atoms with Gasteiger partial charge in [0.25, 0.3) is 0 Å². The second-order valence-electron chi connectivity index (χ2n) is 7.44. The predicted octanol–water partition coefficient (Wildman–Crippen LogP) is 6.22. The maximum absolute atomic E-state index is 5.43. The molecule has 0 heterocycles. The van der Waals surface area contributed by atoms with Gasteiger partial charge in [-0.3, -0.25) is 0 Å². The summed E-state index contributed by atoms with van der Waals surface area (Å²) in [6.45, 7) is 7.10. The summed E-state index contributed by atoms with van der Waals surface area (Å²) in [4.78, 5) is 0. The number of rotatable bonds is 4. The molecule has 1 aliphatic carbocycles. The highest BCUT2D eigenvalue weighted by Crippen LogP contribution is 2.51. The van der Waals surface area contributed by atoms with Crippen molar-refractivity contribution in [1.82, 2.24) is 0 Å². The molecule has 1 nitrogen and oxygen atoms in total. The van der Waals surface area contributed by atoms with E-state index in [-0.39, 0.29) is 0 Å². The maximum atomic E-state index is 5.43. The van der Waals surface area contributed by atoms with Gasteiger partial charge in [0, 0.05) is 0 Å². The van der Waals surface area contributed by atoms with Crippen molar-refractivity contribution in [2.75, 3.05) is 7.11 Å². The molecular weight excluding hydrogens is 280 g/mol. The third-order valence-corrected chi connectivity index (χ3v) is 5.54. The quantitative estimate of drug-likeness (QED) is 0.651. The Balaban J connectivity index is 2.13. The predicted molar refractivity (Wildman–Crippen MR) is 98.2 cm³/mol. The molecule has 0 bridgehead atoms. The maximum Gasteiger partial charge on any atom is 0.119 e. The van der Waals surface area contributed by atoms with Crippen molar-refractivity contribution >= 4 is 0 Å². The van der Waals surface area contributed by atoms with Crippen LogP contribution in [-0.2, 0) is 6.42 Å². The van der Waals surface area contributed by atoms with Gasteiger partial charge in [-0.2, -0.15) is 0 Å². The van der Waals surface area contributed by atoms with Gasteiger partial charge in [-0.15, -0.1) is 0 Å². The van der Waals surface area contributed by atoms with Gasteiger partial charge in [-0.25, -0.2) is 0 Å². The van der Waals surface area contributed by atoms with E-state index in [2.05, 4.69) is 57.2 Å². The first-order valence-electron chi connectivity index (χ1n) is 8.82. The van der Waals surface area contributed by atoms with E-state index in [9.17, 15) is 0 Å². The average molecular weight is 308 g/mol. The van der Waals surface area contributed by atoms with Crippen molar-refractivity contribution in [1.29, 1.82) is 0 Å². The molecule has 3 rings (SSSR count). The molecule has 1 saturated carbocycles. The monoisotopic (exact) mass is 308 g/mol. The first kappa shape index (κ1) is 16.1. The first-order chi connectivity index (χ1) is 11.0. The number of benzene rings is 2. The Kier molecular flexibility index (Phi) is 4.48. The summed E-state index contributed by atoms with van der Waals surface area (Å²) < 4.78 is 5.43. The molecule has 0 saturated heterocycles. The smallest absolute Gasteiger partial charge is 0.119 e. The highest BCUT2D eigenvalue weighted by molar-refractivity contribution is 5.70. The van der Waals surface area contributed by atoms with E-state index in [0.717, 1.165) is 12.2 Å². The van der Waals surface area contributed by atoms with Crippen LogP contribution in [0.2, 0.25) is 0 Å². The molecule has 0 radical (unpaired) electrons. The van der Waals surface area contributed by atoms with E-state index in [1.807, 2.05) is 6.07 Å². The normalized spacial score (nSPS) is 19.7. The van der Waals surface area contributed by atoms with Crippen LogP contribution in [-0.4, -0.2) is 7.11 Å². The van der Waals surface area contributed by atoms with Crippen LogP contribution in [0.1, 0.15) is 57.1 Å². The van der Waals surface area contributed by atoms with Crippen LogP contribution in [0.3, 0.4) is 0 Å². The second kappa shape index (κ2) is 6.39. The Labute approximate surface area is 140 Å². The lowest BCUT2D eigenvalue weighted by Gasteiger charge is -2.30. The van der Waals surface area contributed by atoms with Gasteiger partial charge >= 0.3 is 0 Å². The van der Waals surface area contributed by atoms with E-state index in [4.69, 9.17) is 4.74 Å². The van der Waals surface area contributed by atoms with E-state index in [1.54, 1.807) is 7.11 Å². The molecule has 0 amide bonds. The summed E-state index contributed by atoms with van der Waals surface area (Å²) in [5, 5.41) is 0. The molecular formula is C22H28O. The molecule has 1 unspecified atom stereocenters. The largest absolute Gasteiger partial charge is 0.497 e. The number of ether oxygens (including phenoxy) is 1. The van der Waals surface area contributed by atoms with Crippen LogP contribution in [0, 0.1) is 5.41 Å². The van der Waals surface area contributed by atoms with E-state index < -0.39 is 0 Å². The third-order valence-electron chi connectivity index (χ3n) is 5.54. The van der Waals surface area contributed by atoms with Crippen molar-refractivity contribution in [2.45, 2.75) is 52.4 Å². The molecule has 1 heteroatoms. The lowest BCUT2D eigenvalue weighted by atomic mass is 9.75. The SMILES string of the molecule is CCc1ccc(-c2cccc(OC)c2)c(C2CCCC2(C)C)c1. The molecule has 122 valence electrons. The molecule has 0 spiro atoms. The summed E-state index contributed by atoms with van der Waals surface area (Å²) in [5.41, 5.74) is 6.00. The van der Waals surface area contributed by atoms with Gasteiger partial charge in [0.15, 0.2) is 0 Å². The summed E-state index contributed by atoms with van der Waals surface area (Å²) in [5.74, 6) is 1.58. The minimum atomic E-state index is 0.389. The van der Waals surface area contributed by atoms with Crippen LogP contribution in [0.4, 0.5) is 0 Å². The molecule has 0 N–H and O–H groups in total. The zero-order valence-electron chi connectivity index (χ0n) is 14.9. The van der Waals surface area contributed by atoms with Gasteiger partial charge in [0.05, 0.1) is 7.11 Å². The van der Waals surface area contributed by atoms with Crippen LogP contribution in [0.25, 0.3) is 11.1 Å². The highest BCUT2D eigenvalue weighted by atomic mass is 16.5. The lowest BCUT2D eigenvalue weighted by molar-refractivity contribution is 0.333. The van der Waals surface area contributed by atoms with Crippen molar-refractivity contribution in [3.63, 3.8) is 0 Å². The van der Waals surface area contributed by atoms with Gasteiger partial charge in [-0.1, -0.05) is 57.5 Å². The standard InChI is InChI=1S/C22H28O/c1-5-16-11-12-19(17-8-6-9-18(15-17)23-4)20(14-16)21-10-7-13-22(21,2)3/h6,8-9,11-12,14-15,21H,5,7,10,13H2,1-4H3. The molecule has 1 atom stereocenters. The van der Waals surface area contributed by atoms with E-state index in [1.165, 1.54) is 41.5 Å². The first-order valence-corrected chi connectivity index (χ1v) is 8.82. The van der Waals surface area contributed by atoms with Crippen molar-refractivity contribution in [3.05, 3.63) is 53.6 Å². The highest BCUT2D eigenvalue weighted by Gasteiger charge is 2.36. The molecule has 2 aromatic rings. The van der Waals surface area contributed by atoms with E-state index >= 15 is 0 Å². The summed E-state index contributed by atoms with van der Waals surface area (Å²) in [6.07, 6.45) is 5.06. The Morgan fingerprint density at radius 2 is 1.96 bits per heavy atom. The molecule has 23 heavy (non-hydrogen) atoms. The van der Waals surface area contributed by atoms with Crippen molar-refractivity contribution in [2.24, 2.45) is 5.41 Å². The van der Waals surface area contributed by atoms with Crippen LogP contribution < -0.4 is 4.74 Å². The summed E-state index contributed by atoms with van der Waals surface area (Å²) in [7, 11) is 1.74. The van der Waals surface area contributed by atoms with Crippen LogP contribution in [0.15, 0.2) is 42.5 Å². The van der Waals surface area contributed by atoms with Gasteiger partial charge < -0.3 is 4.74 Å². The van der Waals surface area contributed by atoms with Gasteiger partial charge in [0.1, 0.15) is 5.75 Å². The second-order valence-corrected chi connectivity index (χ2v) is 7.44. The third kappa shape index (κ3) is 3.15. The van der Waals surface area contributed by atoms with Gasteiger partial charge in [-0.05, 0) is 65.0 Å². The molecule has 1 fully saturated rings.